The quantitative estimate of drug-likeness (QED) is 0.248. The second-order valence-electron chi connectivity index (χ2n) is 4.91. The zero-order valence-electron chi connectivity index (χ0n) is 12.9. The molecular formula is C15H19NO8. The Labute approximate surface area is 137 Å². The van der Waals surface area contributed by atoms with E-state index in [1.54, 1.807) is 0 Å². The maximum absolute atomic E-state index is 12.3. The van der Waals surface area contributed by atoms with Crippen molar-refractivity contribution in [2.75, 3.05) is 6.61 Å². The molecule has 9 nitrogen and oxygen atoms in total. The van der Waals surface area contributed by atoms with Gasteiger partial charge in [0.2, 0.25) is 0 Å². The van der Waals surface area contributed by atoms with E-state index in [0.29, 0.717) is 0 Å². The molecule has 0 spiro atoms. The first-order chi connectivity index (χ1) is 11.3. The first-order valence-corrected chi connectivity index (χ1v) is 6.98. The number of carbonyl (C=O) groups is 3. The fraction of sp³-hybridized carbons (Fsp3) is 0.400. The van der Waals surface area contributed by atoms with Gasteiger partial charge in [0.25, 0.3) is 0 Å². The molecule has 0 bridgehead atoms. The number of hydrogen-bond donors (Lipinski definition) is 4. The van der Waals surface area contributed by atoms with Gasteiger partial charge in [-0.15, -0.1) is 0 Å². The molecule has 4 atom stereocenters. The highest BCUT2D eigenvalue weighted by Crippen LogP contribution is 2.21. The fourth-order valence-electron chi connectivity index (χ4n) is 1.85. The maximum Gasteiger partial charge on any atom is 0.342 e. The number of esters is 2. The lowest BCUT2D eigenvalue weighted by molar-refractivity contribution is -0.131. The fourth-order valence-corrected chi connectivity index (χ4v) is 1.85. The smallest absolute Gasteiger partial charge is 0.342 e. The molecule has 0 heterocycles. The monoisotopic (exact) mass is 341 g/mol. The SMILES string of the molecule is CC(=O)Oc1ccccc1C(=O)O[C@@H]([C@H](O)[C@H](O)CO)[C@@H](N)C=O. The first-order valence-electron chi connectivity index (χ1n) is 6.98. The number of aliphatic hydroxyl groups excluding tert-OH is 3. The van der Waals surface area contributed by atoms with E-state index in [1.165, 1.54) is 24.3 Å². The molecule has 0 aliphatic carbocycles. The van der Waals surface area contributed by atoms with Crippen molar-refractivity contribution in [3.63, 3.8) is 0 Å². The molecule has 0 amide bonds. The molecule has 1 rings (SSSR count). The lowest BCUT2D eigenvalue weighted by Gasteiger charge is -2.28. The molecule has 132 valence electrons. The average molecular weight is 341 g/mol. The summed E-state index contributed by atoms with van der Waals surface area (Å²) in [4.78, 5) is 34.2. The molecule has 5 N–H and O–H groups in total. The van der Waals surface area contributed by atoms with Crippen LogP contribution in [0.4, 0.5) is 0 Å². The van der Waals surface area contributed by atoms with Crippen molar-refractivity contribution >= 4 is 18.2 Å². The third-order valence-electron chi connectivity index (χ3n) is 3.06. The van der Waals surface area contributed by atoms with Crippen LogP contribution >= 0.6 is 0 Å². The highest BCUT2D eigenvalue weighted by Gasteiger charge is 2.35. The van der Waals surface area contributed by atoms with Crippen LogP contribution in [0, 0.1) is 0 Å². The van der Waals surface area contributed by atoms with Crippen molar-refractivity contribution in [3.8, 4) is 5.75 Å². The summed E-state index contributed by atoms with van der Waals surface area (Å²) < 4.78 is 9.86. The number of nitrogens with two attached hydrogens (primary N) is 1. The van der Waals surface area contributed by atoms with Crippen molar-refractivity contribution in [1.29, 1.82) is 0 Å². The van der Waals surface area contributed by atoms with Crippen molar-refractivity contribution < 1.29 is 39.2 Å². The van der Waals surface area contributed by atoms with Crippen molar-refractivity contribution in [1.82, 2.24) is 0 Å². The Balaban J connectivity index is 3.04. The summed E-state index contributed by atoms with van der Waals surface area (Å²) in [6, 6.07) is 4.22. The van der Waals surface area contributed by atoms with Gasteiger partial charge in [0.05, 0.1) is 6.61 Å². The van der Waals surface area contributed by atoms with E-state index in [0.717, 1.165) is 6.92 Å². The minimum absolute atomic E-state index is 0.0781. The van der Waals surface area contributed by atoms with Crippen molar-refractivity contribution in [2.24, 2.45) is 5.73 Å². The van der Waals surface area contributed by atoms with Gasteiger partial charge in [-0.05, 0) is 12.1 Å². The molecule has 9 heteroatoms. The molecule has 0 aliphatic rings. The second-order valence-corrected chi connectivity index (χ2v) is 4.91. The van der Waals surface area contributed by atoms with E-state index in [9.17, 15) is 24.6 Å². The van der Waals surface area contributed by atoms with Crippen LogP contribution in [0.2, 0.25) is 0 Å². The summed E-state index contributed by atoms with van der Waals surface area (Å²) in [7, 11) is 0. The summed E-state index contributed by atoms with van der Waals surface area (Å²) in [5, 5.41) is 28.2. The number of ether oxygens (including phenoxy) is 2. The largest absolute Gasteiger partial charge is 0.454 e. The van der Waals surface area contributed by atoms with Crippen LogP contribution in [-0.2, 0) is 14.3 Å². The van der Waals surface area contributed by atoms with Crippen LogP contribution in [0.3, 0.4) is 0 Å². The summed E-state index contributed by atoms with van der Waals surface area (Å²) in [5.74, 6) is -1.77. The molecule has 0 aliphatic heterocycles. The Bertz CT molecular complexity index is 591. The summed E-state index contributed by atoms with van der Waals surface area (Å²) in [6.07, 6.45) is -4.84. The van der Waals surface area contributed by atoms with Crippen LogP contribution in [0.5, 0.6) is 5.75 Å². The predicted molar refractivity (Wildman–Crippen MR) is 80.1 cm³/mol. The Morgan fingerprint density at radius 2 is 1.92 bits per heavy atom. The molecule has 0 aromatic heterocycles. The van der Waals surface area contributed by atoms with E-state index in [4.69, 9.17) is 20.3 Å². The van der Waals surface area contributed by atoms with Gasteiger partial charge in [-0.3, -0.25) is 4.79 Å². The third-order valence-corrected chi connectivity index (χ3v) is 3.06. The zero-order valence-corrected chi connectivity index (χ0v) is 12.9. The van der Waals surface area contributed by atoms with Crippen LogP contribution in [0.1, 0.15) is 17.3 Å². The van der Waals surface area contributed by atoms with E-state index in [1.807, 2.05) is 0 Å². The molecular weight excluding hydrogens is 322 g/mol. The summed E-state index contributed by atoms with van der Waals surface area (Å²) in [6.45, 7) is 0.319. The molecule has 1 aromatic carbocycles. The van der Waals surface area contributed by atoms with Gasteiger partial charge < -0.3 is 35.3 Å². The Morgan fingerprint density at radius 3 is 2.46 bits per heavy atom. The summed E-state index contributed by atoms with van der Waals surface area (Å²) >= 11 is 0. The number of benzene rings is 1. The lowest BCUT2D eigenvalue weighted by atomic mass is 10.0. The van der Waals surface area contributed by atoms with Gasteiger partial charge in [0.15, 0.2) is 6.10 Å². The van der Waals surface area contributed by atoms with Gasteiger partial charge in [0.1, 0.15) is 35.8 Å². The van der Waals surface area contributed by atoms with Gasteiger partial charge in [-0.2, -0.15) is 0 Å². The standard InChI is InChI=1S/C15H19NO8/c1-8(19)23-12-5-3-2-4-9(12)15(22)24-14(10(16)6-17)13(21)11(20)7-18/h2-6,10-11,13-14,18,20-21H,7,16H2,1H3/t10-,11+,13+,14+/m0/s1. The Kier molecular flexibility index (Phi) is 7.46. The van der Waals surface area contributed by atoms with E-state index >= 15 is 0 Å². The molecule has 0 saturated heterocycles. The lowest BCUT2D eigenvalue weighted by Crippen LogP contribution is -2.52. The van der Waals surface area contributed by atoms with Crippen LogP contribution in [-0.4, -0.2) is 64.5 Å². The van der Waals surface area contributed by atoms with E-state index in [-0.39, 0.29) is 17.6 Å². The topological polar surface area (TPSA) is 156 Å². The molecule has 1 aromatic rings. The van der Waals surface area contributed by atoms with Crippen LogP contribution in [0.25, 0.3) is 0 Å². The second kappa shape index (κ2) is 9.08. The number of rotatable bonds is 8. The minimum Gasteiger partial charge on any atom is -0.454 e. The van der Waals surface area contributed by atoms with E-state index in [2.05, 4.69) is 0 Å². The number of aliphatic hydroxyl groups is 3. The zero-order chi connectivity index (χ0) is 18.3. The molecule has 0 radical (unpaired) electrons. The minimum atomic E-state index is -1.79. The van der Waals surface area contributed by atoms with Gasteiger partial charge in [0, 0.05) is 6.92 Å². The third kappa shape index (κ3) is 5.10. The Morgan fingerprint density at radius 1 is 1.29 bits per heavy atom. The molecule has 24 heavy (non-hydrogen) atoms. The van der Waals surface area contributed by atoms with Gasteiger partial charge in [-0.25, -0.2) is 4.79 Å². The summed E-state index contributed by atoms with van der Waals surface area (Å²) in [5.41, 5.74) is 5.33. The number of carbonyl (C=O) groups excluding carboxylic acids is 3. The highest BCUT2D eigenvalue weighted by molar-refractivity contribution is 5.93. The normalized spacial score (nSPS) is 15.7. The maximum atomic E-state index is 12.3. The van der Waals surface area contributed by atoms with Gasteiger partial charge in [-0.1, -0.05) is 12.1 Å². The first kappa shape index (κ1) is 19.7. The van der Waals surface area contributed by atoms with Crippen LogP contribution in [0.15, 0.2) is 24.3 Å². The van der Waals surface area contributed by atoms with Crippen molar-refractivity contribution in [3.05, 3.63) is 29.8 Å². The Hall–Kier alpha value is -2.33. The average Bonchev–Trinajstić information content (AvgIpc) is 2.57. The molecule has 0 fully saturated rings. The van der Waals surface area contributed by atoms with Gasteiger partial charge >= 0.3 is 11.9 Å². The molecule has 0 saturated carbocycles. The number of hydrogen-bond acceptors (Lipinski definition) is 9. The molecule has 0 unspecified atom stereocenters. The highest BCUT2D eigenvalue weighted by atomic mass is 16.6. The number of aldehydes is 1. The van der Waals surface area contributed by atoms with Crippen LogP contribution < -0.4 is 10.5 Å². The van der Waals surface area contributed by atoms with Crippen molar-refractivity contribution in [2.45, 2.75) is 31.3 Å². The predicted octanol–water partition coefficient (Wildman–Crippen LogP) is -1.62. The van der Waals surface area contributed by atoms with E-state index < -0.39 is 42.9 Å². The number of para-hydroxylation sites is 1.